The first-order chi connectivity index (χ1) is 10.5. The summed E-state index contributed by atoms with van der Waals surface area (Å²) in [5, 5.41) is 2.82. The van der Waals surface area contributed by atoms with Gasteiger partial charge in [-0.3, -0.25) is 0 Å². The molecule has 0 saturated carbocycles. The van der Waals surface area contributed by atoms with Crippen molar-refractivity contribution in [2.45, 2.75) is 38.3 Å². The van der Waals surface area contributed by atoms with Crippen LogP contribution in [0.15, 0.2) is 24.3 Å². The second kappa shape index (κ2) is 7.09. The molecule has 1 aliphatic heterocycles. The minimum Gasteiger partial charge on any atom is -0.334 e. The first-order valence-electron chi connectivity index (χ1n) is 7.92. The van der Waals surface area contributed by atoms with E-state index in [2.05, 4.69) is 31.2 Å². The highest BCUT2D eigenvalue weighted by Crippen LogP contribution is 2.30. The number of carbonyl (C=O) groups excluding carboxylic acids is 1. The maximum atomic E-state index is 13.5. The lowest BCUT2D eigenvalue weighted by Crippen LogP contribution is -2.55. The van der Waals surface area contributed by atoms with Crippen LogP contribution in [-0.2, 0) is 6.54 Å². The number of nitrogens with zero attached hydrogens (tertiary/aromatic N) is 2. The SMILES string of the molecule is CCC1(N(C)C)CCN(C(=O)NCc2ccccc2F)CC1. The Balaban J connectivity index is 1.86. The van der Waals surface area contributed by atoms with E-state index in [4.69, 9.17) is 0 Å². The van der Waals surface area contributed by atoms with E-state index in [1.807, 2.05) is 4.90 Å². The molecule has 0 radical (unpaired) electrons. The highest BCUT2D eigenvalue weighted by molar-refractivity contribution is 5.74. The van der Waals surface area contributed by atoms with E-state index in [-0.39, 0.29) is 23.9 Å². The molecule has 1 N–H and O–H groups in total. The molecule has 1 aromatic carbocycles. The lowest BCUT2D eigenvalue weighted by atomic mass is 9.84. The van der Waals surface area contributed by atoms with Gasteiger partial charge in [-0.25, -0.2) is 9.18 Å². The van der Waals surface area contributed by atoms with Crippen molar-refractivity contribution in [3.8, 4) is 0 Å². The third-order valence-electron chi connectivity index (χ3n) is 4.98. The van der Waals surface area contributed by atoms with Gasteiger partial charge in [-0.05, 0) is 39.4 Å². The van der Waals surface area contributed by atoms with Crippen molar-refractivity contribution >= 4 is 6.03 Å². The highest BCUT2D eigenvalue weighted by Gasteiger charge is 2.36. The number of hydrogen-bond donors (Lipinski definition) is 1. The van der Waals surface area contributed by atoms with Crippen molar-refractivity contribution in [2.24, 2.45) is 0 Å². The van der Waals surface area contributed by atoms with E-state index in [0.29, 0.717) is 5.56 Å². The summed E-state index contributed by atoms with van der Waals surface area (Å²) in [6, 6.07) is 6.43. The summed E-state index contributed by atoms with van der Waals surface area (Å²) in [7, 11) is 4.22. The van der Waals surface area contributed by atoms with Crippen LogP contribution in [0.1, 0.15) is 31.7 Å². The largest absolute Gasteiger partial charge is 0.334 e. The first kappa shape index (κ1) is 16.7. The van der Waals surface area contributed by atoms with Crippen LogP contribution in [0.2, 0.25) is 0 Å². The number of amides is 2. The summed E-state index contributed by atoms with van der Waals surface area (Å²) < 4.78 is 13.5. The number of hydrogen-bond acceptors (Lipinski definition) is 2. The molecule has 4 nitrogen and oxygen atoms in total. The Labute approximate surface area is 132 Å². The summed E-state index contributed by atoms with van der Waals surface area (Å²) in [4.78, 5) is 16.3. The molecule has 122 valence electrons. The monoisotopic (exact) mass is 307 g/mol. The van der Waals surface area contributed by atoms with Crippen molar-refractivity contribution in [2.75, 3.05) is 27.2 Å². The van der Waals surface area contributed by atoms with Gasteiger partial charge in [-0.1, -0.05) is 25.1 Å². The van der Waals surface area contributed by atoms with Gasteiger partial charge >= 0.3 is 6.03 Å². The third kappa shape index (κ3) is 3.58. The van der Waals surface area contributed by atoms with Gasteiger partial charge in [0.25, 0.3) is 0 Å². The van der Waals surface area contributed by atoms with Gasteiger partial charge < -0.3 is 15.1 Å². The zero-order chi connectivity index (χ0) is 16.2. The minimum absolute atomic E-state index is 0.105. The summed E-state index contributed by atoms with van der Waals surface area (Å²) in [5.41, 5.74) is 0.714. The van der Waals surface area contributed by atoms with Crippen LogP contribution in [0, 0.1) is 5.82 Å². The molecule has 1 aromatic rings. The molecule has 0 unspecified atom stereocenters. The fraction of sp³-hybridized carbons (Fsp3) is 0.588. The number of urea groups is 1. The van der Waals surface area contributed by atoms with Gasteiger partial charge in [0.05, 0.1) is 0 Å². The Morgan fingerprint density at radius 2 is 1.95 bits per heavy atom. The molecule has 1 saturated heterocycles. The molecule has 1 aliphatic rings. The van der Waals surface area contributed by atoms with Crippen LogP contribution in [0.5, 0.6) is 0 Å². The molecule has 0 bridgehead atoms. The minimum atomic E-state index is -0.279. The highest BCUT2D eigenvalue weighted by atomic mass is 19.1. The normalized spacial score (nSPS) is 17.6. The van der Waals surface area contributed by atoms with Crippen LogP contribution < -0.4 is 5.32 Å². The number of nitrogens with one attached hydrogen (secondary N) is 1. The van der Waals surface area contributed by atoms with Crippen LogP contribution in [0.4, 0.5) is 9.18 Å². The lowest BCUT2D eigenvalue weighted by molar-refractivity contribution is 0.0647. The molecule has 0 atom stereocenters. The molecule has 1 fully saturated rings. The first-order valence-corrected chi connectivity index (χ1v) is 7.92. The maximum absolute atomic E-state index is 13.5. The third-order valence-corrected chi connectivity index (χ3v) is 4.98. The fourth-order valence-electron chi connectivity index (χ4n) is 3.17. The van der Waals surface area contributed by atoms with Gasteiger partial charge in [-0.15, -0.1) is 0 Å². The Bertz CT molecular complexity index is 510. The molecule has 0 aromatic heterocycles. The second-order valence-corrected chi connectivity index (χ2v) is 6.21. The number of rotatable bonds is 4. The van der Waals surface area contributed by atoms with E-state index >= 15 is 0 Å². The van der Waals surface area contributed by atoms with E-state index in [1.54, 1.807) is 18.2 Å². The summed E-state index contributed by atoms with van der Waals surface area (Å²) >= 11 is 0. The van der Waals surface area contributed by atoms with Crippen LogP contribution in [-0.4, -0.2) is 48.6 Å². The molecule has 5 heteroatoms. The molecule has 1 heterocycles. The van der Waals surface area contributed by atoms with Gasteiger partial charge in [0.1, 0.15) is 5.82 Å². The van der Waals surface area contributed by atoms with Crippen molar-refractivity contribution in [1.29, 1.82) is 0 Å². The zero-order valence-electron chi connectivity index (χ0n) is 13.7. The topological polar surface area (TPSA) is 35.6 Å². The Morgan fingerprint density at radius 3 is 2.50 bits per heavy atom. The summed E-state index contributed by atoms with van der Waals surface area (Å²) in [5.74, 6) is -0.279. The van der Waals surface area contributed by atoms with Crippen LogP contribution in [0.3, 0.4) is 0 Å². The van der Waals surface area contributed by atoms with Gasteiger partial charge in [0.2, 0.25) is 0 Å². The summed E-state index contributed by atoms with van der Waals surface area (Å²) in [6.45, 7) is 3.92. The van der Waals surface area contributed by atoms with Crippen molar-refractivity contribution in [1.82, 2.24) is 15.1 Å². The molecule has 2 amide bonds. The predicted molar refractivity (Wildman–Crippen MR) is 86.2 cm³/mol. The van der Waals surface area contributed by atoms with Gasteiger partial charge in [0.15, 0.2) is 0 Å². The van der Waals surface area contributed by atoms with E-state index in [9.17, 15) is 9.18 Å². The quantitative estimate of drug-likeness (QED) is 0.928. The number of halogens is 1. The van der Waals surface area contributed by atoms with Crippen molar-refractivity contribution in [3.05, 3.63) is 35.6 Å². The number of carbonyl (C=O) groups is 1. The van der Waals surface area contributed by atoms with Crippen LogP contribution >= 0.6 is 0 Å². The fourth-order valence-corrected chi connectivity index (χ4v) is 3.17. The Morgan fingerprint density at radius 1 is 1.32 bits per heavy atom. The smallest absolute Gasteiger partial charge is 0.317 e. The average Bonchev–Trinajstić information content (AvgIpc) is 2.53. The average molecular weight is 307 g/mol. The zero-order valence-corrected chi connectivity index (χ0v) is 13.7. The number of benzene rings is 1. The molecule has 2 rings (SSSR count). The molecule has 22 heavy (non-hydrogen) atoms. The van der Waals surface area contributed by atoms with Gasteiger partial charge in [0, 0.05) is 30.7 Å². The molecular weight excluding hydrogens is 281 g/mol. The molecular formula is C17H26FN3O. The lowest BCUT2D eigenvalue weighted by Gasteiger charge is -2.45. The number of piperidine rings is 1. The van der Waals surface area contributed by atoms with E-state index < -0.39 is 0 Å². The Kier molecular flexibility index (Phi) is 5.40. The van der Waals surface area contributed by atoms with Crippen molar-refractivity contribution < 1.29 is 9.18 Å². The van der Waals surface area contributed by atoms with Crippen LogP contribution in [0.25, 0.3) is 0 Å². The Hall–Kier alpha value is -1.62. The maximum Gasteiger partial charge on any atom is 0.317 e. The van der Waals surface area contributed by atoms with E-state index in [1.165, 1.54) is 6.07 Å². The van der Waals surface area contributed by atoms with Gasteiger partial charge in [-0.2, -0.15) is 0 Å². The summed E-state index contributed by atoms with van der Waals surface area (Å²) in [6.07, 6.45) is 3.04. The second-order valence-electron chi connectivity index (χ2n) is 6.21. The molecule has 0 spiro atoms. The molecule has 0 aliphatic carbocycles. The van der Waals surface area contributed by atoms with E-state index in [0.717, 1.165) is 32.4 Å². The predicted octanol–water partition coefficient (Wildman–Crippen LogP) is 2.84. The standard InChI is InChI=1S/C17H26FN3O/c1-4-17(20(2)3)9-11-21(12-10-17)16(22)19-13-14-7-5-6-8-15(14)18/h5-8H,4,9-13H2,1-3H3,(H,19,22). The number of likely N-dealkylation sites (tertiary alicyclic amines) is 1. The van der Waals surface area contributed by atoms with Crippen molar-refractivity contribution in [3.63, 3.8) is 0 Å².